The van der Waals surface area contributed by atoms with Crippen LogP contribution in [0.1, 0.15) is 121 Å². The molecule has 4 unspecified atom stereocenters. The van der Waals surface area contributed by atoms with Crippen molar-refractivity contribution in [1.29, 1.82) is 0 Å². The van der Waals surface area contributed by atoms with Gasteiger partial charge in [0, 0.05) is 12.2 Å². The maximum absolute atomic E-state index is 11.8. The molecule has 2 aromatic carbocycles. The van der Waals surface area contributed by atoms with Gasteiger partial charge in [0.1, 0.15) is 0 Å². The molecule has 1 N–H and O–H groups in total. The number of rotatable bonds is 14. The van der Waals surface area contributed by atoms with Crippen LogP contribution in [-0.2, 0) is 16.0 Å². The first-order valence-corrected chi connectivity index (χ1v) is 16.9. The highest BCUT2D eigenvalue weighted by atomic mass is 16.5. The van der Waals surface area contributed by atoms with E-state index in [0.717, 1.165) is 30.6 Å². The van der Waals surface area contributed by atoms with Crippen LogP contribution < -0.4 is 0 Å². The van der Waals surface area contributed by atoms with E-state index in [1.165, 1.54) is 93.4 Å². The van der Waals surface area contributed by atoms with Crippen LogP contribution in [0.2, 0.25) is 0 Å². The number of ether oxygens (including phenoxy) is 1. The van der Waals surface area contributed by atoms with E-state index in [4.69, 9.17) is 4.74 Å². The smallest absolute Gasteiger partial charge is 0.333 e. The number of aliphatic hydroxyl groups is 1. The van der Waals surface area contributed by atoms with Crippen molar-refractivity contribution < 1.29 is 14.6 Å². The molecule has 4 atom stereocenters. The maximum Gasteiger partial charge on any atom is 0.333 e. The van der Waals surface area contributed by atoms with Gasteiger partial charge >= 0.3 is 5.97 Å². The first-order valence-electron chi connectivity index (χ1n) is 16.9. The van der Waals surface area contributed by atoms with Crippen molar-refractivity contribution in [3.8, 4) is 0 Å². The number of fused-ring (bicyclic) bond motifs is 1. The molecule has 41 heavy (non-hydrogen) atoms. The fourth-order valence-electron chi connectivity index (χ4n) is 8.19. The molecule has 0 radical (unpaired) electrons. The quantitative estimate of drug-likeness (QED) is 0.142. The van der Waals surface area contributed by atoms with E-state index in [1.807, 2.05) is 0 Å². The van der Waals surface area contributed by atoms with Crippen molar-refractivity contribution in [2.24, 2.45) is 29.6 Å². The summed E-state index contributed by atoms with van der Waals surface area (Å²) in [4.78, 5) is 11.8. The Hall–Kier alpha value is -2.13. The summed E-state index contributed by atoms with van der Waals surface area (Å²) >= 11 is 0. The Kier molecular flexibility index (Phi) is 12.3. The summed E-state index contributed by atoms with van der Waals surface area (Å²) in [5, 5.41) is 12.5. The van der Waals surface area contributed by atoms with Crippen LogP contribution in [-0.4, -0.2) is 24.3 Å². The molecule has 226 valence electrons. The second kappa shape index (κ2) is 15.9. The highest BCUT2D eigenvalue weighted by Gasteiger charge is 2.37. The number of unbranched alkanes of at least 4 members (excludes halogenated alkanes) is 2. The van der Waals surface area contributed by atoms with Gasteiger partial charge in [0.2, 0.25) is 0 Å². The summed E-state index contributed by atoms with van der Waals surface area (Å²) in [7, 11) is 0. The number of hydrogen-bond donors (Lipinski definition) is 1. The Morgan fingerprint density at radius 3 is 2.39 bits per heavy atom. The zero-order valence-electron chi connectivity index (χ0n) is 26.2. The fourth-order valence-corrected chi connectivity index (χ4v) is 8.19. The van der Waals surface area contributed by atoms with Crippen molar-refractivity contribution in [3.05, 3.63) is 59.7 Å². The van der Waals surface area contributed by atoms with E-state index in [-0.39, 0.29) is 12.6 Å². The minimum atomic E-state index is -0.298. The average Bonchev–Trinajstić information content (AvgIpc) is 3.00. The van der Waals surface area contributed by atoms with Gasteiger partial charge in [-0.3, -0.25) is 0 Å². The Morgan fingerprint density at radius 1 is 0.951 bits per heavy atom. The first-order chi connectivity index (χ1) is 19.9. The molecular weight excluding hydrogens is 504 g/mol. The molecular formula is C38H56O3. The Morgan fingerprint density at radius 2 is 1.68 bits per heavy atom. The van der Waals surface area contributed by atoms with Crippen molar-refractivity contribution in [2.45, 2.75) is 117 Å². The predicted octanol–water partition coefficient (Wildman–Crippen LogP) is 9.80. The number of esters is 1. The summed E-state index contributed by atoms with van der Waals surface area (Å²) in [5.41, 5.74) is 3.50. The molecule has 0 saturated heterocycles. The minimum Gasteiger partial charge on any atom is -0.462 e. The molecule has 2 aromatic rings. The molecule has 2 aliphatic carbocycles. The molecule has 2 saturated carbocycles. The van der Waals surface area contributed by atoms with Crippen molar-refractivity contribution >= 4 is 16.7 Å². The SMILES string of the molecule is C=C(C)C(=O)OCCC(CCO)C1CCC(C2CCC(c3ccc4cc(CCCCC)ccc4c3)C(CC)C2)CC1. The van der Waals surface area contributed by atoms with Gasteiger partial charge in [-0.25, -0.2) is 4.79 Å². The lowest BCUT2D eigenvalue weighted by Gasteiger charge is -2.43. The van der Waals surface area contributed by atoms with Crippen molar-refractivity contribution in [2.75, 3.05) is 13.2 Å². The lowest BCUT2D eigenvalue weighted by atomic mass is 9.63. The van der Waals surface area contributed by atoms with Gasteiger partial charge in [-0.15, -0.1) is 0 Å². The van der Waals surface area contributed by atoms with Crippen LogP contribution >= 0.6 is 0 Å². The van der Waals surface area contributed by atoms with E-state index in [1.54, 1.807) is 12.5 Å². The maximum atomic E-state index is 11.8. The third-order valence-electron chi connectivity index (χ3n) is 10.7. The second-order valence-corrected chi connectivity index (χ2v) is 13.4. The lowest BCUT2D eigenvalue weighted by Crippen LogP contribution is -2.31. The van der Waals surface area contributed by atoms with Crippen molar-refractivity contribution in [1.82, 2.24) is 0 Å². The van der Waals surface area contributed by atoms with Crippen molar-refractivity contribution in [3.63, 3.8) is 0 Å². The van der Waals surface area contributed by atoms with Gasteiger partial charge in [0.05, 0.1) is 6.61 Å². The van der Waals surface area contributed by atoms with Gasteiger partial charge in [0.15, 0.2) is 0 Å². The summed E-state index contributed by atoms with van der Waals surface area (Å²) in [6.45, 7) is 10.7. The summed E-state index contributed by atoms with van der Waals surface area (Å²) in [6.07, 6.45) is 17.2. The molecule has 0 spiro atoms. The zero-order valence-corrected chi connectivity index (χ0v) is 26.2. The molecule has 0 aliphatic heterocycles. The van der Waals surface area contributed by atoms with Gasteiger partial charge < -0.3 is 9.84 Å². The van der Waals surface area contributed by atoms with E-state index >= 15 is 0 Å². The van der Waals surface area contributed by atoms with Crippen LogP contribution in [0.3, 0.4) is 0 Å². The van der Waals surface area contributed by atoms with Crippen LogP contribution in [0.15, 0.2) is 48.6 Å². The number of carbonyl (C=O) groups excluding carboxylic acids is 1. The number of benzene rings is 2. The Balaban J connectivity index is 1.30. The van der Waals surface area contributed by atoms with E-state index in [2.05, 4.69) is 56.8 Å². The number of carbonyl (C=O) groups is 1. The molecule has 2 fully saturated rings. The predicted molar refractivity (Wildman–Crippen MR) is 172 cm³/mol. The molecule has 0 bridgehead atoms. The van der Waals surface area contributed by atoms with Crippen LogP contribution in [0.5, 0.6) is 0 Å². The van der Waals surface area contributed by atoms with Gasteiger partial charge in [-0.05, 0) is 135 Å². The molecule has 0 heterocycles. The zero-order chi connectivity index (χ0) is 29.2. The molecule has 2 aliphatic rings. The molecule has 4 rings (SSSR count). The van der Waals surface area contributed by atoms with E-state index in [9.17, 15) is 9.90 Å². The van der Waals surface area contributed by atoms with E-state index in [0.29, 0.717) is 29.9 Å². The lowest BCUT2D eigenvalue weighted by molar-refractivity contribution is -0.139. The molecule has 3 heteroatoms. The second-order valence-electron chi connectivity index (χ2n) is 13.4. The topological polar surface area (TPSA) is 46.5 Å². The molecule has 3 nitrogen and oxygen atoms in total. The molecule has 0 aromatic heterocycles. The van der Waals surface area contributed by atoms with Crippen LogP contribution in [0.4, 0.5) is 0 Å². The van der Waals surface area contributed by atoms with Gasteiger partial charge in [-0.2, -0.15) is 0 Å². The highest BCUT2D eigenvalue weighted by molar-refractivity contribution is 5.87. The average molecular weight is 561 g/mol. The van der Waals surface area contributed by atoms with Crippen LogP contribution in [0.25, 0.3) is 10.8 Å². The van der Waals surface area contributed by atoms with Gasteiger partial charge in [0.25, 0.3) is 0 Å². The Bertz CT molecular complexity index is 1110. The number of hydrogen-bond acceptors (Lipinski definition) is 3. The summed E-state index contributed by atoms with van der Waals surface area (Å²) in [6, 6.07) is 14.5. The largest absolute Gasteiger partial charge is 0.462 e. The first kappa shape index (κ1) is 31.8. The third kappa shape index (κ3) is 8.69. The number of aryl methyl sites for hydroxylation is 1. The van der Waals surface area contributed by atoms with Crippen LogP contribution in [0, 0.1) is 29.6 Å². The minimum absolute atomic E-state index is 0.218. The monoisotopic (exact) mass is 560 g/mol. The van der Waals surface area contributed by atoms with Gasteiger partial charge in [-0.1, -0.05) is 76.1 Å². The highest BCUT2D eigenvalue weighted by Crippen LogP contribution is 2.49. The molecule has 0 amide bonds. The number of aliphatic hydroxyl groups excluding tert-OH is 1. The van der Waals surface area contributed by atoms with E-state index < -0.39 is 0 Å². The third-order valence-corrected chi connectivity index (χ3v) is 10.7. The standard InChI is InChI=1S/C38H56O3/c1-5-7-8-9-28-10-11-35-26-36(17-16-33(35)24-28)37-19-18-34(25-29(37)6-2)31-14-12-30(13-15-31)32(20-22-39)21-23-41-38(40)27(3)4/h10-11,16-17,24,26,29-32,34,37,39H,3,5-9,12-15,18-23,25H2,1-2,4H3. The normalized spacial score (nSPS) is 25.6. The summed E-state index contributed by atoms with van der Waals surface area (Å²) < 4.78 is 5.38. The fraction of sp³-hybridized carbons (Fsp3) is 0.658. The summed E-state index contributed by atoms with van der Waals surface area (Å²) in [5.74, 6) is 3.96. The Labute approximate surface area is 250 Å².